The molecule has 0 aliphatic rings. The second-order valence-corrected chi connectivity index (χ2v) is 2.27. The fourth-order valence-corrected chi connectivity index (χ4v) is 0.844. The van der Waals surface area contributed by atoms with Crippen LogP contribution in [0.2, 0.25) is 0 Å². The van der Waals surface area contributed by atoms with Crippen molar-refractivity contribution in [3.05, 3.63) is 36.1 Å². The lowest BCUT2D eigenvalue weighted by atomic mass is 10.4. The molecule has 0 amide bonds. The van der Waals surface area contributed by atoms with E-state index in [1.54, 1.807) is 4.68 Å². The molecule has 0 atom stereocenters. The number of aromatic nitrogens is 2. The molecule has 0 unspecified atom stereocenters. The van der Waals surface area contributed by atoms with Gasteiger partial charge in [-0.15, -0.1) is 0 Å². The predicted molar refractivity (Wildman–Crippen MR) is 43.7 cm³/mol. The van der Waals surface area contributed by atoms with Gasteiger partial charge in [0.15, 0.2) is 0 Å². The molecule has 11 heavy (non-hydrogen) atoms. The number of aryl methyl sites for hydroxylation is 2. The van der Waals surface area contributed by atoms with Crippen LogP contribution < -0.4 is 5.49 Å². The summed E-state index contributed by atoms with van der Waals surface area (Å²) in [6.07, 6.45) is 1.51. The molecule has 0 saturated carbocycles. The molecule has 0 fully saturated rings. The van der Waals surface area contributed by atoms with Crippen molar-refractivity contribution in [2.45, 2.75) is 6.92 Å². The second-order valence-electron chi connectivity index (χ2n) is 2.27. The molecule has 0 N–H and O–H groups in total. The third-order valence-corrected chi connectivity index (χ3v) is 1.34. The highest BCUT2D eigenvalue weighted by molar-refractivity contribution is 4.96. The normalized spacial score (nSPS) is 11.6. The Labute approximate surface area is 65.7 Å². The van der Waals surface area contributed by atoms with Crippen LogP contribution in [0.3, 0.4) is 0 Å². The van der Waals surface area contributed by atoms with Crippen molar-refractivity contribution in [3.63, 3.8) is 0 Å². The van der Waals surface area contributed by atoms with Crippen molar-refractivity contribution in [1.82, 2.24) is 9.78 Å². The molecule has 0 radical (unpaired) electrons. The highest BCUT2D eigenvalue weighted by atomic mass is 15.3. The van der Waals surface area contributed by atoms with Crippen LogP contribution in [0.4, 0.5) is 0 Å². The Hall–Kier alpha value is -1.38. The molecule has 1 aromatic rings. The smallest absolute Gasteiger partial charge is 0.148 e. The largest absolute Gasteiger partial charge is 0.251 e. The van der Waals surface area contributed by atoms with Crippen molar-refractivity contribution in [2.75, 3.05) is 0 Å². The van der Waals surface area contributed by atoms with Gasteiger partial charge in [0.1, 0.15) is 5.49 Å². The van der Waals surface area contributed by atoms with Gasteiger partial charge in [-0.05, 0) is 19.1 Å². The summed E-state index contributed by atoms with van der Waals surface area (Å²) in [6.45, 7) is 5.45. The van der Waals surface area contributed by atoms with Crippen molar-refractivity contribution in [2.24, 2.45) is 12.0 Å². The van der Waals surface area contributed by atoms with E-state index in [1.165, 1.54) is 6.20 Å². The predicted octanol–water partition coefficient (Wildman–Crippen LogP) is 0.773. The first-order valence-corrected chi connectivity index (χ1v) is 3.40. The van der Waals surface area contributed by atoms with E-state index in [9.17, 15) is 0 Å². The van der Waals surface area contributed by atoms with Crippen LogP contribution in [0.15, 0.2) is 29.9 Å². The van der Waals surface area contributed by atoms with E-state index in [0.29, 0.717) is 0 Å². The van der Waals surface area contributed by atoms with E-state index in [4.69, 9.17) is 0 Å². The van der Waals surface area contributed by atoms with Gasteiger partial charge in [0.25, 0.3) is 0 Å². The summed E-state index contributed by atoms with van der Waals surface area (Å²) in [6, 6.07) is 3.83. The third-order valence-electron chi connectivity index (χ3n) is 1.34. The summed E-state index contributed by atoms with van der Waals surface area (Å²) in [4.78, 5) is 4.01. The Balaban J connectivity index is 3.30. The Morgan fingerprint density at radius 2 is 2.36 bits per heavy atom. The first-order chi connectivity index (χ1) is 5.24. The third kappa shape index (κ3) is 1.77. The second kappa shape index (κ2) is 3.14. The van der Waals surface area contributed by atoms with Gasteiger partial charge >= 0.3 is 0 Å². The molecule has 58 valence electrons. The van der Waals surface area contributed by atoms with Crippen LogP contribution in [0, 0.1) is 6.92 Å². The molecule has 1 heterocycles. The van der Waals surface area contributed by atoms with E-state index < -0.39 is 0 Å². The Bertz CT molecular complexity index is 322. The van der Waals surface area contributed by atoms with Crippen molar-refractivity contribution in [3.8, 4) is 0 Å². The van der Waals surface area contributed by atoms with Crippen LogP contribution in [0.5, 0.6) is 0 Å². The summed E-state index contributed by atoms with van der Waals surface area (Å²) in [5, 5.41) is 4.17. The Morgan fingerprint density at radius 3 is 2.91 bits per heavy atom. The summed E-state index contributed by atoms with van der Waals surface area (Å²) in [7, 11) is 1.86. The number of hydrogen-bond acceptors (Lipinski definition) is 2. The standard InChI is InChI=1S/C8H11N3/c1-4-9-8-6-5-7(2)10-11(8)3/h4-6H,1H2,2-3H3/b9-8-. The van der Waals surface area contributed by atoms with Gasteiger partial charge in [-0.3, -0.25) is 4.68 Å². The average Bonchev–Trinajstić information content (AvgIpc) is 1.95. The van der Waals surface area contributed by atoms with E-state index in [0.717, 1.165) is 11.2 Å². The van der Waals surface area contributed by atoms with Crippen LogP contribution in [-0.4, -0.2) is 9.78 Å². The lowest BCUT2D eigenvalue weighted by molar-refractivity contribution is 0.678. The minimum atomic E-state index is 0.811. The van der Waals surface area contributed by atoms with Crippen LogP contribution in [-0.2, 0) is 7.05 Å². The molecular formula is C8H11N3. The molecular weight excluding hydrogens is 138 g/mol. The highest BCUT2D eigenvalue weighted by Gasteiger charge is 1.86. The molecule has 1 aromatic heterocycles. The van der Waals surface area contributed by atoms with Gasteiger partial charge in [-0.2, -0.15) is 5.10 Å². The zero-order valence-electron chi connectivity index (χ0n) is 6.78. The van der Waals surface area contributed by atoms with Crippen molar-refractivity contribution >= 4 is 0 Å². The fourth-order valence-electron chi connectivity index (χ4n) is 0.844. The average molecular weight is 149 g/mol. The van der Waals surface area contributed by atoms with Gasteiger partial charge in [-0.1, -0.05) is 6.58 Å². The van der Waals surface area contributed by atoms with Gasteiger partial charge in [-0.25, -0.2) is 4.99 Å². The van der Waals surface area contributed by atoms with Gasteiger partial charge in [0, 0.05) is 13.2 Å². The topological polar surface area (TPSA) is 30.2 Å². The number of hydrogen-bond donors (Lipinski definition) is 0. The maximum absolute atomic E-state index is 4.17. The quantitative estimate of drug-likeness (QED) is 0.580. The lowest BCUT2D eigenvalue weighted by Gasteiger charge is -1.97. The molecule has 0 bridgehead atoms. The zero-order chi connectivity index (χ0) is 8.27. The maximum atomic E-state index is 4.17. The van der Waals surface area contributed by atoms with Gasteiger partial charge in [0.05, 0.1) is 5.69 Å². The minimum absolute atomic E-state index is 0.811. The molecule has 3 heteroatoms. The molecule has 0 spiro atoms. The molecule has 0 saturated heterocycles. The number of nitrogens with zero attached hydrogens (tertiary/aromatic N) is 3. The van der Waals surface area contributed by atoms with E-state index in [2.05, 4.69) is 16.7 Å². The molecule has 1 rings (SSSR count). The molecule has 0 aliphatic heterocycles. The maximum Gasteiger partial charge on any atom is 0.148 e. The van der Waals surface area contributed by atoms with Gasteiger partial charge in [0.2, 0.25) is 0 Å². The summed E-state index contributed by atoms with van der Waals surface area (Å²) in [5.74, 6) is 0. The van der Waals surface area contributed by atoms with Crippen LogP contribution in [0.1, 0.15) is 5.69 Å². The number of rotatable bonds is 1. The SMILES string of the molecule is C=C/N=c1/ccc(C)nn1C. The molecule has 0 aliphatic carbocycles. The summed E-state index contributed by atoms with van der Waals surface area (Å²) in [5.41, 5.74) is 1.79. The Morgan fingerprint density at radius 1 is 1.64 bits per heavy atom. The minimum Gasteiger partial charge on any atom is -0.251 e. The van der Waals surface area contributed by atoms with Gasteiger partial charge < -0.3 is 0 Å². The van der Waals surface area contributed by atoms with Crippen molar-refractivity contribution in [1.29, 1.82) is 0 Å². The molecule has 0 aromatic carbocycles. The first kappa shape index (κ1) is 7.72. The lowest BCUT2D eigenvalue weighted by Crippen LogP contribution is -2.19. The fraction of sp³-hybridized carbons (Fsp3) is 0.250. The highest BCUT2D eigenvalue weighted by Crippen LogP contribution is 1.83. The zero-order valence-corrected chi connectivity index (χ0v) is 6.78. The van der Waals surface area contributed by atoms with E-state index >= 15 is 0 Å². The summed E-state index contributed by atoms with van der Waals surface area (Å²) < 4.78 is 1.72. The van der Waals surface area contributed by atoms with Crippen molar-refractivity contribution < 1.29 is 0 Å². The van der Waals surface area contributed by atoms with Crippen LogP contribution in [0.25, 0.3) is 0 Å². The monoisotopic (exact) mass is 149 g/mol. The summed E-state index contributed by atoms with van der Waals surface area (Å²) >= 11 is 0. The first-order valence-electron chi connectivity index (χ1n) is 3.40. The molecule has 3 nitrogen and oxygen atoms in total. The van der Waals surface area contributed by atoms with Crippen LogP contribution >= 0.6 is 0 Å². The van der Waals surface area contributed by atoms with E-state index in [-0.39, 0.29) is 0 Å². The Kier molecular flexibility index (Phi) is 2.21. The van der Waals surface area contributed by atoms with E-state index in [1.807, 2.05) is 26.1 Å².